The second kappa shape index (κ2) is 9.19. The number of benzene rings is 1. The van der Waals surface area contributed by atoms with Crippen LogP contribution in [0.5, 0.6) is 11.5 Å². The fraction of sp³-hybridized carbons (Fsp3) is 0.500. The molecule has 1 atom stereocenters. The van der Waals surface area contributed by atoms with Gasteiger partial charge in [0.05, 0.1) is 7.11 Å². The lowest BCUT2D eigenvalue weighted by atomic mass is 9.97. The number of ether oxygens (including phenoxy) is 2. The van der Waals surface area contributed by atoms with E-state index in [1.165, 1.54) is 0 Å². The van der Waals surface area contributed by atoms with E-state index in [-0.39, 0.29) is 24.1 Å². The number of carbonyl (C=O) groups is 2. The number of piperidine rings is 1. The van der Waals surface area contributed by atoms with Gasteiger partial charge in [0.1, 0.15) is 6.61 Å². The number of carbonyl (C=O) groups excluding carboxylic acids is 2. The molecule has 30 heavy (non-hydrogen) atoms. The molecule has 2 saturated heterocycles. The van der Waals surface area contributed by atoms with Crippen molar-refractivity contribution in [2.45, 2.75) is 32.3 Å². The summed E-state index contributed by atoms with van der Waals surface area (Å²) >= 11 is 0. The zero-order valence-corrected chi connectivity index (χ0v) is 17.2. The molecule has 0 saturated carbocycles. The quantitative estimate of drug-likeness (QED) is 0.694. The van der Waals surface area contributed by atoms with Crippen molar-refractivity contribution in [2.75, 3.05) is 33.3 Å². The first-order valence-corrected chi connectivity index (χ1v) is 10.4. The zero-order chi connectivity index (χ0) is 20.9. The molecule has 2 amide bonds. The van der Waals surface area contributed by atoms with Crippen molar-refractivity contribution in [3.05, 3.63) is 41.8 Å². The molecule has 3 heterocycles. The van der Waals surface area contributed by atoms with Gasteiger partial charge in [0.2, 0.25) is 5.91 Å². The van der Waals surface area contributed by atoms with E-state index < -0.39 is 0 Å². The van der Waals surface area contributed by atoms with Crippen LogP contribution in [0.4, 0.5) is 0 Å². The number of methoxy groups -OCH3 is 1. The molecule has 0 radical (unpaired) electrons. The van der Waals surface area contributed by atoms with Crippen molar-refractivity contribution in [2.24, 2.45) is 5.92 Å². The van der Waals surface area contributed by atoms with Crippen molar-refractivity contribution in [1.29, 1.82) is 0 Å². The van der Waals surface area contributed by atoms with Crippen LogP contribution in [0.15, 0.2) is 34.9 Å². The second-order valence-corrected chi connectivity index (χ2v) is 7.82. The molecule has 0 bridgehead atoms. The topological polar surface area (TPSA) is 85.1 Å². The molecule has 0 N–H and O–H groups in total. The summed E-state index contributed by atoms with van der Waals surface area (Å²) in [4.78, 5) is 28.5. The first kappa shape index (κ1) is 20.3. The molecule has 0 unspecified atom stereocenters. The number of hydrogen-bond donors (Lipinski definition) is 0. The van der Waals surface area contributed by atoms with Crippen LogP contribution in [0.3, 0.4) is 0 Å². The fourth-order valence-corrected chi connectivity index (χ4v) is 4.14. The van der Waals surface area contributed by atoms with Crippen LogP contribution in [-0.4, -0.2) is 60.1 Å². The van der Waals surface area contributed by atoms with E-state index in [0.717, 1.165) is 32.4 Å². The molecule has 4 rings (SSSR count). The van der Waals surface area contributed by atoms with Crippen LogP contribution < -0.4 is 9.47 Å². The summed E-state index contributed by atoms with van der Waals surface area (Å²) in [6.07, 6.45) is 3.55. The SMILES string of the molecule is COc1ccccc1OCc1cc(C(=O)N2CCC[C@H](CN3CCCC3=O)C2)no1. The molecular weight excluding hydrogens is 386 g/mol. The van der Waals surface area contributed by atoms with Gasteiger partial charge in [-0.25, -0.2) is 0 Å². The Morgan fingerprint density at radius 1 is 1.23 bits per heavy atom. The Morgan fingerprint density at radius 3 is 2.83 bits per heavy atom. The van der Waals surface area contributed by atoms with Gasteiger partial charge in [0.25, 0.3) is 5.91 Å². The maximum atomic E-state index is 12.9. The number of nitrogens with zero attached hydrogens (tertiary/aromatic N) is 3. The normalized spacial score (nSPS) is 19.2. The standard InChI is InChI=1S/C22H27N3O5/c1-28-19-7-2-3-8-20(19)29-15-17-12-18(23-30-17)22(27)25-11-4-6-16(14-25)13-24-10-5-9-21(24)26/h2-3,7-8,12,16H,4-6,9-11,13-15H2,1H3/t16-/m1/s1. The van der Waals surface area contributed by atoms with E-state index in [9.17, 15) is 9.59 Å². The van der Waals surface area contributed by atoms with Crippen molar-refractivity contribution in [3.8, 4) is 11.5 Å². The highest BCUT2D eigenvalue weighted by molar-refractivity contribution is 5.92. The summed E-state index contributed by atoms with van der Waals surface area (Å²) in [5, 5.41) is 3.94. The molecule has 2 fully saturated rings. The molecule has 0 aliphatic carbocycles. The fourth-order valence-electron chi connectivity index (χ4n) is 4.14. The third-order valence-electron chi connectivity index (χ3n) is 5.67. The molecule has 2 aromatic rings. The molecule has 0 spiro atoms. The predicted octanol–water partition coefficient (Wildman–Crippen LogP) is 2.74. The Labute approximate surface area is 175 Å². The van der Waals surface area contributed by atoms with E-state index in [2.05, 4.69) is 5.16 Å². The average Bonchev–Trinajstić information content (AvgIpc) is 3.41. The highest BCUT2D eigenvalue weighted by Gasteiger charge is 2.30. The summed E-state index contributed by atoms with van der Waals surface area (Å²) < 4.78 is 16.3. The number of rotatable bonds is 7. The van der Waals surface area contributed by atoms with Crippen LogP contribution in [0.1, 0.15) is 41.9 Å². The highest BCUT2D eigenvalue weighted by Crippen LogP contribution is 2.27. The van der Waals surface area contributed by atoms with Crippen molar-refractivity contribution in [3.63, 3.8) is 0 Å². The summed E-state index contributed by atoms with van der Waals surface area (Å²) in [5.74, 6) is 2.10. The number of amides is 2. The monoisotopic (exact) mass is 413 g/mol. The van der Waals surface area contributed by atoms with Gasteiger partial charge in [-0.05, 0) is 37.3 Å². The molecule has 2 aliphatic rings. The Bertz CT molecular complexity index is 896. The maximum absolute atomic E-state index is 12.9. The lowest BCUT2D eigenvalue weighted by molar-refractivity contribution is -0.128. The molecule has 1 aromatic heterocycles. The highest BCUT2D eigenvalue weighted by atomic mass is 16.5. The summed E-state index contributed by atoms with van der Waals surface area (Å²) in [7, 11) is 1.58. The van der Waals surface area contributed by atoms with E-state index in [4.69, 9.17) is 14.0 Å². The molecule has 8 heteroatoms. The van der Waals surface area contributed by atoms with Crippen LogP contribution in [0.25, 0.3) is 0 Å². The smallest absolute Gasteiger partial charge is 0.276 e. The molecule has 1 aromatic carbocycles. The molecule has 160 valence electrons. The Kier molecular flexibility index (Phi) is 6.21. The van der Waals surface area contributed by atoms with Gasteiger partial charge in [0, 0.05) is 38.7 Å². The van der Waals surface area contributed by atoms with Gasteiger partial charge in [-0.1, -0.05) is 17.3 Å². The number of likely N-dealkylation sites (tertiary alicyclic amines) is 2. The van der Waals surface area contributed by atoms with Crippen LogP contribution >= 0.6 is 0 Å². The number of para-hydroxylation sites is 2. The van der Waals surface area contributed by atoms with E-state index in [0.29, 0.717) is 42.7 Å². The van der Waals surface area contributed by atoms with Crippen molar-refractivity contribution >= 4 is 11.8 Å². The van der Waals surface area contributed by atoms with Crippen molar-refractivity contribution < 1.29 is 23.6 Å². The van der Waals surface area contributed by atoms with Crippen LogP contribution in [0.2, 0.25) is 0 Å². The van der Waals surface area contributed by atoms with Gasteiger partial charge >= 0.3 is 0 Å². The third kappa shape index (κ3) is 4.58. The zero-order valence-electron chi connectivity index (χ0n) is 17.2. The maximum Gasteiger partial charge on any atom is 0.276 e. The molecule has 8 nitrogen and oxygen atoms in total. The van der Waals surface area contributed by atoms with Crippen LogP contribution in [0, 0.1) is 5.92 Å². The van der Waals surface area contributed by atoms with Gasteiger partial charge in [-0.3, -0.25) is 9.59 Å². The lowest BCUT2D eigenvalue weighted by Crippen LogP contribution is -2.44. The van der Waals surface area contributed by atoms with Gasteiger partial charge < -0.3 is 23.8 Å². The van der Waals surface area contributed by atoms with Gasteiger partial charge in [-0.15, -0.1) is 0 Å². The summed E-state index contributed by atoms with van der Waals surface area (Å²) in [5.41, 5.74) is 0.284. The predicted molar refractivity (Wildman–Crippen MR) is 108 cm³/mol. The average molecular weight is 413 g/mol. The molecule has 2 aliphatic heterocycles. The summed E-state index contributed by atoms with van der Waals surface area (Å²) in [6, 6.07) is 8.97. The largest absolute Gasteiger partial charge is 0.493 e. The van der Waals surface area contributed by atoms with Crippen LogP contribution in [-0.2, 0) is 11.4 Å². The van der Waals surface area contributed by atoms with Gasteiger partial charge in [0.15, 0.2) is 23.0 Å². The summed E-state index contributed by atoms with van der Waals surface area (Å²) in [6.45, 7) is 3.06. The first-order chi connectivity index (χ1) is 14.6. The Hall–Kier alpha value is -3.03. The minimum absolute atomic E-state index is 0.139. The molecular formula is C22H27N3O5. The number of aromatic nitrogens is 1. The van der Waals surface area contributed by atoms with E-state index >= 15 is 0 Å². The second-order valence-electron chi connectivity index (χ2n) is 7.82. The third-order valence-corrected chi connectivity index (χ3v) is 5.67. The van der Waals surface area contributed by atoms with Crippen molar-refractivity contribution in [1.82, 2.24) is 15.0 Å². The minimum Gasteiger partial charge on any atom is -0.493 e. The number of hydrogen-bond acceptors (Lipinski definition) is 6. The lowest BCUT2D eigenvalue weighted by Gasteiger charge is -2.34. The minimum atomic E-state index is -0.139. The van der Waals surface area contributed by atoms with E-state index in [1.54, 1.807) is 19.2 Å². The van der Waals surface area contributed by atoms with E-state index in [1.807, 2.05) is 28.0 Å². The Balaban J connectivity index is 1.33. The first-order valence-electron chi connectivity index (χ1n) is 10.4. The Morgan fingerprint density at radius 2 is 2.07 bits per heavy atom. The van der Waals surface area contributed by atoms with Gasteiger partial charge in [-0.2, -0.15) is 0 Å².